The molecule has 2 aromatic carbocycles. The van der Waals surface area contributed by atoms with Crippen molar-refractivity contribution in [1.29, 1.82) is 0 Å². The van der Waals surface area contributed by atoms with E-state index in [0.29, 0.717) is 5.71 Å². The van der Waals surface area contributed by atoms with Crippen LogP contribution in [0.2, 0.25) is 0 Å². The molecule has 0 N–H and O–H groups in total. The van der Waals surface area contributed by atoms with Crippen LogP contribution >= 0.6 is 7.60 Å². The van der Waals surface area contributed by atoms with Crippen LogP contribution < -0.4 is 0 Å². The van der Waals surface area contributed by atoms with Gasteiger partial charge in [-0.15, -0.1) is 0 Å². The fourth-order valence-corrected chi connectivity index (χ4v) is 4.54. The third kappa shape index (κ3) is 7.56. The van der Waals surface area contributed by atoms with E-state index >= 15 is 0 Å². The molecule has 32 heavy (non-hydrogen) atoms. The normalized spacial score (nSPS) is 13.5. The van der Waals surface area contributed by atoms with Crippen molar-refractivity contribution in [3.8, 4) is 0 Å². The van der Waals surface area contributed by atoms with Crippen molar-refractivity contribution >= 4 is 19.3 Å². The maximum Gasteiger partial charge on any atom is 0.353 e. The van der Waals surface area contributed by atoms with Crippen molar-refractivity contribution in [3.05, 3.63) is 83.7 Å². The van der Waals surface area contributed by atoms with Gasteiger partial charge in [0.05, 0.1) is 25.5 Å². The molecule has 2 aromatic rings. The van der Waals surface area contributed by atoms with Gasteiger partial charge in [-0.3, -0.25) is 9.56 Å². The molecule has 2 atom stereocenters. The number of ether oxygens (including phenoxy) is 1. The average Bonchev–Trinajstić information content (AvgIpc) is 2.80. The molecule has 0 bridgehead atoms. The molecular formula is C25H32NO5P. The number of hydrogen-bond acceptors (Lipinski definition) is 6. The summed E-state index contributed by atoms with van der Waals surface area (Å²) in [5.74, 6) is 0.555. The molecule has 172 valence electrons. The van der Waals surface area contributed by atoms with E-state index in [1.807, 2.05) is 67.6 Å². The summed E-state index contributed by atoms with van der Waals surface area (Å²) < 4.78 is 28.8. The average molecular weight is 458 g/mol. The molecule has 0 aliphatic carbocycles. The monoisotopic (exact) mass is 457 g/mol. The summed E-state index contributed by atoms with van der Waals surface area (Å²) in [6.45, 7) is 7.83. The van der Waals surface area contributed by atoms with E-state index in [0.717, 1.165) is 11.1 Å². The van der Waals surface area contributed by atoms with Gasteiger partial charge in [0, 0.05) is 22.9 Å². The lowest BCUT2D eigenvalue weighted by atomic mass is 9.99. The molecule has 0 saturated carbocycles. The number of rotatable bonds is 12. The van der Waals surface area contributed by atoms with Crippen LogP contribution in [0.3, 0.4) is 0 Å². The molecule has 0 heterocycles. The van der Waals surface area contributed by atoms with E-state index in [2.05, 4.69) is 0 Å². The van der Waals surface area contributed by atoms with E-state index in [1.54, 1.807) is 26.8 Å². The van der Waals surface area contributed by atoms with E-state index < -0.39 is 25.5 Å². The number of esters is 1. The Hall–Kier alpha value is -2.53. The second-order valence-corrected chi connectivity index (χ2v) is 8.88. The summed E-state index contributed by atoms with van der Waals surface area (Å²) in [6, 6.07) is 18.5. The first-order valence-corrected chi connectivity index (χ1v) is 12.5. The van der Waals surface area contributed by atoms with E-state index in [9.17, 15) is 9.36 Å². The Morgan fingerprint density at radius 3 is 1.84 bits per heavy atom. The fourth-order valence-electron chi connectivity index (χ4n) is 3.09. The molecule has 2 rings (SSSR count). The quantitative estimate of drug-likeness (QED) is 0.226. The highest BCUT2D eigenvalue weighted by Crippen LogP contribution is 2.50. The van der Waals surface area contributed by atoms with Crippen LogP contribution in [-0.4, -0.2) is 37.5 Å². The predicted molar refractivity (Wildman–Crippen MR) is 128 cm³/mol. The molecule has 0 saturated heterocycles. The molecule has 2 unspecified atom stereocenters. The third-order valence-electron chi connectivity index (χ3n) is 4.58. The summed E-state index contributed by atoms with van der Waals surface area (Å²) in [7, 11) is -3.39. The van der Waals surface area contributed by atoms with Gasteiger partial charge in [0.1, 0.15) is 0 Å². The fraction of sp³-hybridized carbons (Fsp3) is 0.360. The van der Waals surface area contributed by atoms with Gasteiger partial charge in [0.15, 0.2) is 6.04 Å². The molecule has 0 aliphatic heterocycles. The van der Waals surface area contributed by atoms with E-state index in [1.165, 1.54) is 5.82 Å². The Balaban J connectivity index is 2.49. The number of aliphatic imine (C=N–C) groups is 1. The highest BCUT2D eigenvalue weighted by molar-refractivity contribution is 7.57. The molecule has 6 nitrogen and oxygen atoms in total. The minimum Gasteiger partial charge on any atom is -0.464 e. The van der Waals surface area contributed by atoms with Crippen molar-refractivity contribution in [2.75, 3.05) is 19.8 Å². The maximum atomic E-state index is 12.9. The predicted octanol–water partition coefficient (Wildman–Crippen LogP) is 5.87. The smallest absolute Gasteiger partial charge is 0.353 e. The minimum absolute atomic E-state index is 0.240. The lowest BCUT2D eigenvalue weighted by molar-refractivity contribution is -0.145. The van der Waals surface area contributed by atoms with Crippen molar-refractivity contribution in [2.24, 2.45) is 10.9 Å². The number of hydrogen-bond donors (Lipinski definition) is 0. The van der Waals surface area contributed by atoms with Crippen LogP contribution in [0.4, 0.5) is 0 Å². The van der Waals surface area contributed by atoms with Gasteiger partial charge in [0.25, 0.3) is 0 Å². The first-order valence-electron chi connectivity index (χ1n) is 10.9. The Bertz CT molecular complexity index is 892. The maximum absolute atomic E-state index is 12.9. The van der Waals surface area contributed by atoms with Crippen LogP contribution in [-0.2, 0) is 23.1 Å². The second-order valence-electron chi connectivity index (χ2n) is 6.98. The second kappa shape index (κ2) is 13.1. The number of nitrogens with zero attached hydrogens (tertiary/aromatic N) is 1. The zero-order chi connectivity index (χ0) is 23.4. The Morgan fingerprint density at radius 1 is 0.906 bits per heavy atom. The topological polar surface area (TPSA) is 74.2 Å². The van der Waals surface area contributed by atoms with Gasteiger partial charge in [-0.05, 0) is 20.8 Å². The molecule has 0 radical (unpaired) electrons. The minimum atomic E-state index is -3.39. The molecule has 0 amide bonds. The highest BCUT2D eigenvalue weighted by atomic mass is 31.2. The number of benzene rings is 2. The third-order valence-corrected chi connectivity index (χ3v) is 6.35. The lowest BCUT2D eigenvalue weighted by Gasteiger charge is -2.19. The van der Waals surface area contributed by atoms with Crippen molar-refractivity contribution in [1.82, 2.24) is 0 Å². The van der Waals surface area contributed by atoms with Crippen molar-refractivity contribution < 1.29 is 23.1 Å². The van der Waals surface area contributed by atoms with Gasteiger partial charge >= 0.3 is 13.6 Å². The molecule has 0 spiro atoms. The Labute approximate surface area is 190 Å². The standard InChI is InChI=1S/C25H32NO5P/c1-5-29-25(27)23(20(4)18-19-32(28,30-6-2)31-7-3)26-24(21-14-10-8-11-15-21)22-16-12-9-13-17-22/h8-20,23H,5-7H2,1-4H3/b19-18+. The van der Waals surface area contributed by atoms with Gasteiger partial charge in [-0.2, -0.15) is 0 Å². The molecule has 0 aliphatic rings. The Kier molecular flexibility index (Phi) is 10.5. The lowest BCUT2D eigenvalue weighted by Crippen LogP contribution is -2.29. The summed E-state index contributed by atoms with van der Waals surface area (Å²) in [6.07, 6.45) is 1.66. The van der Waals surface area contributed by atoms with E-state index in [-0.39, 0.29) is 19.8 Å². The van der Waals surface area contributed by atoms with Gasteiger partial charge in [-0.25, -0.2) is 4.79 Å². The summed E-state index contributed by atoms with van der Waals surface area (Å²) in [4.78, 5) is 17.7. The van der Waals surface area contributed by atoms with Crippen LogP contribution in [0.15, 0.2) is 77.5 Å². The zero-order valence-corrected chi connectivity index (χ0v) is 20.0. The zero-order valence-electron chi connectivity index (χ0n) is 19.1. The highest BCUT2D eigenvalue weighted by Gasteiger charge is 2.27. The van der Waals surface area contributed by atoms with Gasteiger partial charge in [-0.1, -0.05) is 73.7 Å². The molecule has 0 aromatic heterocycles. The first kappa shape index (κ1) is 25.7. The first-order chi connectivity index (χ1) is 15.4. The van der Waals surface area contributed by atoms with Crippen molar-refractivity contribution in [2.45, 2.75) is 33.7 Å². The number of carbonyl (C=O) groups is 1. The summed E-state index contributed by atoms with van der Waals surface area (Å²) >= 11 is 0. The largest absolute Gasteiger partial charge is 0.464 e. The SMILES string of the molecule is CCOC(=O)C(N=C(c1ccccc1)c1ccccc1)C(C)/C=C/P(=O)(OCC)OCC. The van der Waals surface area contributed by atoms with Gasteiger partial charge in [0.2, 0.25) is 0 Å². The molecule has 0 fully saturated rings. The van der Waals surface area contributed by atoms with Crippen LogP contribution in [0.25, 0.3) is 0 Å². The van der Waals surface area contributed by atoms with E-state index in [4.69, 9.17) is 18.8 Å². The van der Waals surface area contributed by atoms with Gasteiger partial charge < -0.3 is 13.8 Å². The summed E-state index contributed by atoms with van der Waals surface area (Å²) in [5, 5.41) is 0. The van der Waals surface area contributed by atoms with Crippen LogP contribution in [0, 0.1) is 5.92 Å². The van der Waals surface area contributed by atoms with Crippen molar-refractivity contribution in [3.63, 3.8) is 0 Å². The molecule has 7 heteroatoms. The summed E-state index contributed by atoms with van der Waals surface area (Å²) in [5.41, 5.74) is 2.46. The van der Waals surface area contributed by atoms with Crippen LogP contribution in [0.1, 0.15) is 38.8 Å². The van der Waals surface area contributed by atoms with Crippen LogP contribution in [0.5, 0.6) is 0 Å². The number of carbonyl (C=O) groups excluding carboxylic acids is 1. The Morgan fingerprint density at radius 2 is 1.41 bits per heavy atom. The molecular weight excluding hydrogens is 425 g/mol.